The van der Waals surface area contributed by atoms with E-state index in [-0.39, 0.29) is 5.91 Å². The predicted molar refractivity (Wildman–Crippen MR) is 94.2 cm³/mol. The van der Waals surface area contributed by atoms with Gasteiger partial charge in [0.25, 0.3) is 5.91 Å². The number of nitriles is 1. The van der Waals surface area contributed by atoms with Crippen LogP contribution >= 0.6 is 0 Å². The minimum Gasteiger partial charge on any atom is -0.354 e. The Hall–Kier alpha value is -2.91. The molecule has 0 aliphatic carbocycles. The summed E-state index contributed by atoms with van der Waals surface area (Å²) in [5, 5.41) is 15.1. The highest BCUT2D eigenvalue weighted by molar-refractivity contribution is 5.93. The zero-order valence-electron chi connectivity index (χ0n) is 13.9. The van der Waals surface area contributed by atoms with E-state index in [0.717, 1.165) is 13.0 Å². The van der Waals surface area contributed by atoms with Crippen LogP contribution in [0.15, 0.2) is 42.6 Å². The lowest BCUT2D eigenvalue weighted by Crippen LogP contribution is -2.27. The Morgan fingerprint density at radius 2 is 2.08 bits per heavy atom. The molecule has 6 nitrogen and oxygen atoms in total. The van der Waals surface area contributed by atoms with Crippen LogP contribution in [-0.4, -0.2) is 43.0 Å². The monoisotopic (exact) mass is 323 g/mol. The highest BCUT2D eigenvalue weighted by Crippen LogP contribution is 2.20. The summed E-state index contributed by atoms with van der Waals surface area (Å²) >= 11 is 0. The maximum absolute atomic E-state index is 12.1. The average Bonchev–Trinajstić information content (AvgIpc) is 2.59. The lowest BCUT2D eigenvalue weighted by molar-refractivity contribution is 0.0947. The van der Waals surface area contributed by atoms with E-state index in [2.05, 4.69) is 26.6 Å². The summed E-state index contributed by atoms with van der Waals surface area (Å²) in [6.07, 6.45) is 2.46. The summed E-state index contributed by atoms with van der Waals surface area (Å²) in [4.78, 5) is 18.3. The fourth-order valence-corrected chi connectivity index (χ4v) is 2.17. The molecule has 0 aliphatic rings. The minimum absolute atomic E-state index is 0.203. The maximum Gasteiger partial charge on any atom is 0.269 e. The lowest BCUT2D eigenvalue weighted by atomic mass is 10.2. The van der Waals surface area contributed by atoms with Gasteiger partial charge in [-0.2, -0.15) is 5.26 Å². The quantitative estimate of drug-likeness (QED) is 0.765. The Kier molecular flexibility index (Phi) is 6.29. The van der Waals surface area contributed by atoms with Crippen molar-refractivity contribution in [3.63, 3.8) is 0 Å². The number of rotatable bonds is 7. The molecule has 1 heterocycles. The van der Waals surface area contributed by atoms with Gasteiger partial charge in [0.2, 0.25) is 0 Å². The van der Waals surface area contributed by atoms with E-state index in [1.807, 2.05) is 32.3 Å². The molecule has 24 heavy (non-hydrogen) atoms. The molecule has 124 valence electrons. The molecule has 0 unspecified atom stereocenters. The average molecular weight is 323 g/mol. The predicted octanol–water partition coefficient (Wildman–Crippen LogP) is 2.38. The molecule has 0 spiro atoms. The second-order valence-corrected chi connectivity index (χ2v) is 5.62. The first-order chi connectivity index (χ1) is 11.6. The van der Waals surface area contributed by atoms with Gasteiger partial charge in [-0.25, -0.2) is 0 Å². The summed E-state index contributed by atoms with van der Waals surface area (Å²) in [6, 6.07) is 12.8. The van der Waals surface area contributed by atoms with Crippen LogP contribution in [0.2, 0.25) is 0 Å². The van der Waals surface area contributed by atoms with Gasteiger partial charge in [-0.3, -0.25) is 9.78 Å². The van der Waals surface area contributed by atoms with E-state index in [1.54, 1.807) is 24.4 Å². The molecule has 1 aromatic heterocycles. The molecule has 1 amide bonds. The van der Waals surface area contributed by atoms with Crippen LogP contribution in [0.4, 0.5) is 11.4 Å². The number of hydrogen-bond acceptors (Lipinski definition) is 5. The van der Waals surface area contributed by atoms with E-state index in [9.17, 15) is 4.79 Å². The third kappa shape index (κ3) is 5.07. The van der Waals surface area contributed by atoms with E-state index in [1.165, 1.54) is 0 Å². The number of amides is 1. The fraction of sp³-hybridized carbons (Fsp3) is 0.278. The Morgan fingerprint density at radius 3 is 2.83 bits per heavy atom. The smallest absolute Gasteiger partial charge is 0.269 e. The van der Waals surface area contributed by atoms with Crippen molar-refractivity contribution in [3.05, 3.63) is 53.9 Å². The van der Waals surface area contributed by atoms with Crippen molar-refractivity contribution in [2.24, 2.45) is 0 Å². The van der Waals surface area contributed by atoms with Gasteiger partial charge in [0, 0.05) is 18.4 Å². The number of carbonyl (C=O) groups is 1. The van der Waals surface area contributed by atoms with E-state index < -0.39 is 0 Å². The second-order valence-electron chi connectivity index (χ2n) is 5.62. The van der Waals surface area contributed by atoms with Crippen LogP contribution in [0.5, 0.6) is 0 Å². The molecule has 6 heteroatoms. The van der Waals surface area contributed by atoms with Gasteiger partial charge in [-0.05, 0) is 51.3 Å². The second kappa shape index (κ2) is 8.65. The largest absolute Gasteiger partial charge is 0.354 e. The molecule has 0 saturated carbocycles. The molecule has 0 bridgehead atoms. The molecule has 0 fully saturated rings. The molecular weight excluding hydrogens is 302 g/mol. The van der Waals surface area contributed by atoms with Crippen molar-refractivity contribution in [3.8, 4) is 6.07 Å². The number of nitrogens with one attached hydrogen (secondary N) is 2. The topological polar surface area (TPSA) is 81.0 Å². The van der Waals surface area contributed by atoms with Crippen molar-refractivity contribution in [1.29, 1.82) is 5.26 Å². The van der Waals surface area contributed by atoms with Crippen molar-refractivity contribution in [1.82, 2.24) is 15.2 Å². The summed E-state index contributed by atoms with van der Waals surface area (Å²) in [5.41, 5.74) is 2.30. The number of aromatic nitrogens is 1. The Bertz CT molecular complexity index is 736. The van der Waals surface area contributed by atoms with Gasteiger partial charge in [-0.15, -0.1) is 0 Å². The standard InChI is InChI=1S/C18H21N5O/c1-23(2)11-5-9-21-18(24)17-12-15(8-10-20-17)22-16-7-4-3-6-14(16)13-19/h3-4,6-8,10,12H,5,9,11H2,1-2H3,(H,20,22)(H,21,24). The number of anilines is 2. The summed E-state index contributed by atoms with van der Waals surface area (Å²) in [5.74, 6) is -0.203. The first kappa shape index (κ1) is 17.4. The molecule has 0 aliphatic heterocycles. The van der Waals surface area contributed by atoms with Crippen LogP contribution in [0.1, 0.15) is 22.5 Å². The van der Waals surface area contributed by atoms with Crippen LogP contribution in [0.3, 0.4) is 0 Å². The highest BCUT2D eigenvalue weighted by Gasteiger charge is 2.08. The zero-order chi connectivity index (χ0) is 17.4. The van der Waals surface area contributed by atoms with Crippen LogP contribution < -0.4 is 10.6 Å². The number of carbonyl (C=O) groups excluding carboxylic acids is 1. The molecule has 2 N–H and O–H groups in total. The number of nitrogens with zero attached hydrogens (tertiary/aromatic N) is 3. The number of benzene rings is 1. The Balaban J connectivity index is 2.01. The number of pyridine rings is 1. The van der Waals surface area contributed by atoms with Crippen LogP contribution in [0, 0.1) is 11.3 Å². The van der Waals surface area contributed by atoms with Gasteiger partial charge in [-0.1, -0.05) is 12.1 Å². The normalized spacial score (nSPS) is 10.2. The summed E-state index contributed by atoms with van der Waals surface area (Å²) in [6.45, 7) is 1.52. The summed E-state index contributed by atoms with van der Waals surface area (Å²) in [7, 11) is 4.00. The van der Waals surface area contributed by atoms with Gasteiger partial charge < -0.3 is 15.5 Å². The van der Waals surface area contributed by atoms with Gasteiger partial charge in [0.15, 0.2) is 0 Å². The van der Waals surface area contributed by atoms with Crippen LogP contribution in [0.25, 0.3) is 0 Å². The third-order valence-corrected chi connectivity index (χ3v) is 3.39. The van der Waals surface area contributed by atoms with Gasteiger partial charge >= 0.3 is 0 Å². The van der Waals surface area contributed by atoms with Crippen molar-refractivity contribution in [2.75, 3.05) is 32.5 Å². The van der Waals surface area contributed by atoms with Gasteiger partial charge in [0.05, 0.1) is 11.3 Å². The van der Waals surface area contributed by atoms with Crippen molar-refractivity contribution in [2.45, 2.75) is 6.42 Å². The maximum atomic E-state index is 12.1. The molecule has 0 atom stereocenters. The van der Waals surface area contributed by atoms with E-state index >= 15 is 0 Å². The molecule has 1 aromatic carbocycles. The molecule has 0 saturated heterocycles. The molecular formula is C18H21N5O. The Morgan fingerprint density at radius 1 is 1.29 bits per heavy atom. The molecule has 2 aromatic rings. The third-order valence-electron chi connectivity index (χ3n) is 3.39. The van der Waals surface area contributed by atoms with E-state index in [4.69, 9.17) is 5.26 Å². The minimum atomic E-state index is -0.203. The van der Waals surface area contributed by atoms with Crippen molar-refractivity contribution < 1.29 is 4.79 Å². The highest BCUT2D eigenvalue weighted by atomic mass is 16.1. The molecule has 2 rings (SSSR count). The lowest BCUT2D eigenvalue weighted by Gasteiger charge is -2.11. The molecule has 0 radical (unpaired) electrons. The van der Waals surface area contributed by atoms with Crippen molar-refractivity contribution >= 4 is 17.3 Å². The number of para-hydroxylation sites is 1. The fourth-order valence-electron chi connectivity index (χ4n) is 2.17. The SMILES string of the molecule is CN(C)CCCNC(=O)c1cc(Nc2ccccc2C#N)ccn1. The van der Waals surface area contributed by atoms with Gasteiger partial charge in [0.1, 0.15) is 11.8 Å². The first-order valence-corrected chi connectivity index (χ1v) is 7.75. The number of hydrogen-bond donors (Lipinski definition) is 2. The first-order valence-electron chi connectivity index (χ1n) is 7.75. The Labute approximate surface area is 142 Å². The zero-order valence-corrected chi connectivity index (χ0v) is 13.9. The van der Waals surface area contributed by atoms with E-state index in [0.29, 0.717) is 29.2 Å². The van der Waals surface area contributed by atoms with Crippen LogP contribution in [-0.2, 0) is 0 Å². The summed E-state index contributed by atoms with van der Waals surface area (Å²) < 4.78 is 0.